The minimum absolute atomic E-state index is 0.498. The smallest absolute Gasteiger partial charge is 0.138 e. The summed E-state index contributed by atoms with van der Waals surface area (Å²) in [5.74, 6) is 0.941. The van der Waals surface area contributed by atoms with Gasteiger partial charge in [0, 0.05) is 19.1 Å². The fourth-order valence-electron chi connectivity index (χ4n) is 3.20. The zero-order chi connectivity index (χ0) is 15.2. The third kappa shape index (κ3) is 3.62. The lowest BCUT2D eigenvalue weighted by Crippen LogP contribution is -2.34. The molecule has 6 heteroatoms. The fourth-order valence-corrected chi connectivity index (χ4v) is 3.20. The first-order valence-corrected chi connectivity index (χ1v) is 7.95. The third-order valence-electron chi connectivity index (χ3n) is 4.32. The number of ether oxygens (including phenoxy) is 1. The molecule has 1 aliphatic heterocycles. The molecule has 2 heterocycles. The van der Waals surface area contributed by atoms with Crippen LogP contribution in [-0.2, 0) is 6.54 Å². The minimum atomic E-state index is 0.498. The molecule has 0 spiro atoms. The van der Waals surface area contributed by atoms with E-state index in [2.05, 4.69) is 38.6 Å². The second-order valence-electron chi connectivity index (χ2n) is 5.75. The molecule has 1 saturated heterocycles. The molecule has 0 N–H and O–H groups in total. The lowest BCUT2D eigenvalue weighted by atomic mass is 9.95. The number of likely N-dealkylation sites (tertiary alicyclic amines) is 1. The Morgan fingerprint density at radius 3 is 3.05 bits per heavy atom. The number of tetrazole rings is 1. The Balaban J connectivity index is 1.62. The van der Waals surface area contributed by atoms with Gasteiger partial charge in [0.15, 0.2) is 0 Å². The number of methoxy groups -OCH3 is 1. The van der Waals surface area contributed by atoms with Crippen LogP contribution in [0.5, 0.6) is 5.75 Å². The second-order valence-corrected chi connectivity index (χ2v) is 5.75. The molecule has 0 amide bonds. The zero-order valence-electron chi connectivity index (χ0n) is 13.1. The summed E-state index contributed by atoms with van der Waals surface area (Å²) in [5.41, 5.74) is 1.36. The molecule has 0 unspecified atom stereocenters. The van der Waals surface area contributed by atoms with Gasteiger partial charge in [0.2, 0.25) is 0 Å². The van der Waals surface area contributed by atoms with Crippen molar-refractivity contribution in [1.82, 2.24) is 25.1 Å². The first-order valence-electron chi connectivity index (χ1n) is 7.95. The Kier molecular flexibility index (Phi) is 5.00. The van der Waals surface area contributed by atoms with Crippen molar-refractivity contribution in [2.45, 2.75) is 38.3 Å². The summed E-state index contributed by atoms with van der Waals surface area (Å²) in [5, 5.41) is 11.3. The zero-order valence-corrected chi connectivity index (χ0v) is 13.1. The van der Waals surface area contributed by atoms with Crippen LogP contribution in [0.2, 0.25) is 0 Å². The number of aromatic nitrogens is 4. The Labute approximate surface area is 131 Å². The first-order chi connectivity index (χ1) is 10.9. The Morgan fingerprint density at radius 1 is 1.27 bits per heavy atom. The topological polar surface area (TPSA) is 56.1 Å². The van der Waals surface area contributed by atoms with Crippen molar-refractivity contribution < 1.29 is 4.74 Å². The van der Waals surface area contributed by atoms with Gasteiger partial charge >= 0.3 is 0 Å². The van der Waals surface area contributed by atoms with Crippen molar-refractivity contribution >= 4 is 0 Å². The van der Waals surface area contributed by atoms with Crippen LogP contribution in [0.3, 0.4) is 0 Å². The monoisotopic (exact) mass is 301 g/mol. The highest BCUT2D eigenvalue weighted by Crippen LogP contribution is 2.32. The second kappa shape index (κ2) is 7.35. The van der Waals surface area contributed by atoms with Crippen molar-refractivity contribution in [3.8, 4) is 5.75 Å². The predicted octanol–water partition coefficient (Wildman–Crippen LogP) is 2.30. The first kappa shape index (κ1) is 15.0. The van der Waals surface area contributed by atoms with Crippen LogP contribution >= 0.6 is 0 Å². The minimum Gasteiger partial charge on any atom is -0.497 e. The van der Waals surface area contributed by atoms with E-state index in [1.54, 1.807) is 18.1 Å². The van der Waals surface area contributed by atoms with E-state index in [1.807, 2.05) is 6.07 Å². The maximum Gasteiger partial charge on any atom is 0.138 e. The number of aryl methyl sites for hydroxylation is 1. The van der Waals surface area contributed by atoms with Crippen molar-refractivity contribution in [1.29, 1.82) is 0 Å². The van der Waals surface area contributed by atoms with Crippen molar-refractivity contribution in [3.05, 3.63) is 36.2 Å². The van der Waals surface area contributed by atoms with Crippen molar-refractivity contribution in [3.63, 3.8) is 0 Å². The highest BCUT2D eigenvalue weighted by Gasteiger charge is 2.23. The fraction of sp³-hybridized carbons (Fsp3) is 0.562. The highest BCUT2D eigenvalue weighted by molar-refractivity contribution is 5.30. The molecule has 22 heavy (non-hydrogen) atoms. The van der Waals surface area contributed by atoms with Crippen LogP contribution < -0.4 is 4.74 Å². The molecule has 3 rings (SSSR count). The van der Waals surface area contributed by atoms with Gasteiger partial charge in [0.1, 0.15) is 12.1 Å². The van der Waals surface area contributed by atoms with Gasteiger partial charge in [-0.1, -0.05) is 18.6 Å². The van der Waals surface area contributed by atoms with Gasteiger partial charge in [-0.2, -0.15) is 0 Å². The summed E-state index contributed by atoms with van der Waals surface area (Å²) in [6.45, 7) is 3.10. The van der Waals surface area contributed by atoms with Crippen molar-refractivity contribution in [2.24, 2.45) is 0 Å². The molecule has 0 bridgehead atoms. The van der Waals surface area contributed by atoms with Crippen molar-refractivity contribution in [2.75, 3.05) is 20.2 Å². The lowest BCUT2D eigenvalue weighted by Gasteiger charge is -2.36. The van der Waals surface area contributed by atoms with Gasteiger partial charge in [-0.05, 0) is 53.9 Å². The SMILES string of the molecule is COc1cccc([C@@H]2CCCCN2CCCn2cnnn2)c1. The lowest BCUT2D eigenvalue weighted by molar-refractivity contribution is 0.144. The quantitative estimate of drug-likeness (QED) is 0.819. The maximum absolute atomic E-state index is 5.37. The molecule has 1 aromatic carbocycles. The van der Waals surface area contributed by atoms with E-state index in [-0.39, 0.29) is 0 Å². The molecule has 1 aliphatic rings. The Bertz CT molecular complexity index is 572. The summed E-state index contributed by atoms with van der Waals surface area (Å²) >= 11 is 0. The van der Waals surface area contributed by atoms with Crippen LogP contribution in [0.25, 0.3) is 0 Å². The van der Waals surface area contributed by atoms with Gasteiger partial charge in [0.25, 0.3) is 0 Å². The number of rotatable bonds is 6. The summed E-state index contributed by atoms with van der Waals surface area (Å²) in [6.07, 6.45) is 6.54. The predicted molar refractivity (Wildman–Crippen MR) is 83.6 cm³/mol. The maximum atomic E-state index is 5.37. The van der Waals surface area contributed by atoms with Crippen LogP contribution in [0.1, 0.15) is 37.3 Å². The molecule has 0 saturated carbocycles. The van der Waals surface area contributed by atoms with E-state index in [9.17, 15) is 0 Å². The molecule has 2 aromatic rings. The average Bonchev–Trinajstić information content (AvgIpc) is 3.09. The molecule has 0 radical (unpaired) electrons. The molecule has 6 nitrogen and oxygen atoms in total. The molecular weight excluding hydrogens is 278 g/mol. The third-order valence-corrected chi connectivity index (χ3v) is 4.32. The number of hydrogen-bond acceptors (Lipinski definition) is 5. The van der Waals surface area contributed by atoms with E-state index >= 15 is 0 Å². The largest absolute Gasteiger partial charge is 0.497 e. The summed E-state index contributed by atoms with van der Waals surface area (Å²) < 4.78 is 7.16. The summed E-state index contributed by atoms with van der Waals surface area (Å²) in [6, 6.07) is 8.98. The number of benzene rings is 1. The number of piperidine rings is 1. The van der Waals surface area contributed by atoms with Gasteiger partial charge in [-0.25, -0.2) is 4.68 Å². The molecular formula is C16H23N5O. The highest BCUT2D eigenvalue weighted by atomic mass is 16.5. The average molecular weight is 301 g/mol. The molecule has 1 fully saturated rings. The Morgan fingerprint density at radius 2 is 2.23 bits per heavy atom. The molecule has 118 valence electrons. The van der Waals surface area contributed by atoms with Crippen LogP contribution in [0.15, 0.2) is 30.6 Å². The number of nitrogens with zero attached hydrogens (tertiary/aromatic N) is 5. The molecule has 1 atom stereocenters. The van der Waals surface area contributed by atoms with Crippen LogP contribution in [-0.4, -0.2) is 45.3 Å². The summed E-state index contributed by atoms with van der Waals surface area (Å²) in [4.78, 5) is 2.59. The van der Waals surface area contributed by atoms with E-state index in [1.165, 1.54) is 24.8 Å². The Hall–Kier alpha value is -1.95. The van der Waals surface area contributed by atoms with Gasteiger partial charge < -0.3 is 4.74 Å². The van der Waals surface area contributed by atoms with E-state index in [4.69, 9.17) is 4.74 Å². The van der Waals surface area contributed by atoms with E-state index in [0.717, 1.165) is 31.8 Å². The molecule has 1 aromatic heterocycles. The number of hydrogen-bond donors (Lipinski definition) is 0. The normalized spacial score (nSPS) is 19.2. The van der Waals surface area contributed by atoms with Gasteiger partial charge in [-0.15, -0.1) is 5.10 Å². The van der Waals surface area contributed by atoms with E-state index < -0.39 is 0 Å². The molecule has 0 aliphatic carbocycles. The standard InChI is InChI=1S/C16H23N5O/c1-22-15-7-4-6-14(12-15)16-8-2-3-9-20(16)10-5-11-21-13-17-18-19-21/h4,6-7,12-13,16H,2-3,5,8-11H2,1H3/t16-/m0/s1. The van der Waals surface area contributed by atoms with Crippen LogP contribution in [0.4, 0.5) is 0 Å². The van der Waals surface area contributed by atoms with E-state index in [0.29, 0.717) is 6.04 Å². The van der Waals surface area contributed by atoms with Crippen LogP contribution in [0, 0.1) is 0 Å². The van der Waals surface area contributed by atoms with Gasteiger partial charge in [-0.3, -0.25) is 4.90 Å². The van der Waals surface area contributed by atoms with Gasteiger partial charge in [0.05, 0.1) is 7.11 Å². The summed E-state index contributed by atoms with van der Waals surface area (Å²) in [7, 11) is 1.73.